The van der Waals surface area contributed by atoms with Gasteiger partial charge in [-0.1, -0.05) is 60.7 Å². The number of benzene rings is 2. The van der Waals surface area contributed by atoms with Crippen molar-refractivity contribution in [1.29, 1.82) is 0 Å². The molecule has 3 rings (SSSR count). The molecule has 3 nitrogen and oxygen atoms in total. The maximum atomic E-state index is 6.24. The van der Waals surface area contributed by atoms with Gasteiger partial charge in [0.2, 0.25) is 0 Å². The molecule has 0 aliphatic heterocycles. The van der Waals surface area contributed by atoms with Gasteiger partial charge in [0, 0.05) is 26.2 Å². The Kier molecular flexibility index (Phi) is 7.66. The van der Waals surface area contributed by atoms with E-state index in [1.54, 1.807) is 7.11 Å². The van der Waals surface area contributed by atoms with E-state index in [2.05, 4.69) is 79.4 Å². The molecule has 1 unspecified atom stereocenters. The van der Waals surface area contributed by atoms with Crippen LogP contribution in [0.15, 0.2) is 60.7 Å². The molecular formula is C25H35NO2. The van der Waals surface area contributed by atoms with Crippen LogP contribution < -0.4 is 0 Å². The average molecular weight is 382 g/mol. The molecule has 0 bridgehead atoms. The van der Waals surface area contributed by atoms with Crippen LogP contribution in [0.1, 0.15) is 50.7 Å². The highest BCUT2D eigenvalue weighted by molar-refractivity contribution is 5.17. The average Bonchev–Trinajstić information content (AvgIpc) is 2.74. The van der Waals surface area contributed by atoms with Crippen LogP contribution >= 0.6 is 0 Å². The Labute approximate surface area is 170 Å². The smallest absolute Gasteiger partial charge is 0.0776 e. The molecule has 0 radical (unpaired) electrons. The van der Waals surface area contributed by atoms with Gasteiger partial charge in [-0.05, 0) is 50.7 Å². The molecule has 1 aliphatic carbocycles. The summed E-state index contributed by atoms with van der Waals surface area (Å²) in [6, 6.07) is 22.3. The third kappa shape index (κ3) is 6.16. The Bertz CT molecular complexity index is 639. The third-order valence-corrected chi connectivity index (χ3v) is 6.06. The van der Waals surface area contributed by atoms with Gasteiger partial charge in [0.05, 0.1) is 18.3 Å². The van der Waals surface area contributed by atoms with Crippen molar-refractivity contribution in [3.63, 3.8) is 0 Å². The van der Waals surface area contributed by atoms with Crippen LogP contribution in [0.25, 0.3) is 0 Å². The summed E-state index contributed by atoms with van der Waals surface area (Å²) < 4.78 is 11.6. The summed E-state index contributed by atoms with van der Waals surface area (Å²) in [5.41, 5.74) is 2.75. The molecule has 0 aromatic heterocycles. The number of ether oxygens (including phenoxy) is 2. The molecule has 1 aliphatic rings. The highest BCUT2D eigenvalue weighted by Gasteiger charge is 2.34. The lowest BCUT2D eigenvalue weighted by Gasteiger charge is -2.42. The molecule has 0 N–H and O–H groups in total. The summed E-state index contributed by atoms with van der Waals surface area (Å²) in [4.78, 5) is 2.65. The van der Waals surface area contributed by atoms with E-state index < -0.39 is 0 Å². The molecule has 1 fully saturated rings. The summed E-state index contributed by atoms with van der Waals surface area (Å²) in [6.07, 6.45) is 4.72. The lowest BCUT2D eigenvalue weighted by atomic mass is 9.82. The number of methoxy groups -OCH3 is 1. The number of hydrogen-bond donors (Lipinski definition) is 0. The highest BCUT2D eigenvalue weighted by atomic mass is 16.5. The third-order valence-electron chi connectivity index (χ3n) is 6.06. The van der Waals surface area contributed by atoms with E-state index in [1.165, 1.54) is 24.0 Å². The fraction of sp³-hybridized carbons (Fsp3) is 0.520. The Morgan fingerprint density at radius 3 is 1.89 bits per heavy atom. The molecule has 0 amide bonds. The normalized spacial score (nSPS) is 23.6. The van der Waals surface area contributed by atoms with Gasteiger partial charge < -0.3 is 9.47 Å². The van der Waals surface area contributed by atoms with Crippen molar-refractivity contribution in [3.05, 3.63) is 71.8 Å². The van der Waals surface area contributed by atoms with Crippen LogP contribution in [0.2, 0.25) is 0 Å². The van der Waals surface area contributed by atoms with E-state index in [4.69, 9.17) is 9.47 Å². The molecule has 1 atom stereocenters. The Hall–Kier alpha value is -1.68. The van der Waals surface area contributed by atoms with Crippen molar-refractivity contribution in [2.24, 2.45) is 0 Å². The van der Waals surface area contributed by atoms with Crippen LogP contribution in [-0.4, -0.2) is 36.4 Å². The van der Waals surface area contributed by atoms with Gasteiger partial charge in [-0.2, -0.15) is 0 Å². The van der Waals surface area contributed by atoms with E-state index in [-0.39, 0.29) is 11.7 Å². The predicted molar refractivity (Wildman–Crippen MR) is 115 cm³/mol. The maximum absolute atomic E-state index is 6.24. The monoisotopic (exact) mass is 381 g/mol. The number of hydrogen-bond acceptors (Lipinski definition) is 3. The molecule has 1 saturated carbocycles. The van der Waals surface area contributed by atoms with Crippen molar-refractivity contribution in [1.82, 2.24) is 4.90 Å². The fourth-order valence-corrected chi connectivity index (χ4v) is 4.06. The van der Waals surface area contributed by atoms with Crippen molar-refractivity contribution in [3.8, 4) is 0 Å². The topological polar surface area (TPSA) is 21.7 Å². The summed E-state index contributed by atoms with van der Waals surface area (Å²) in [5, 5.41) is 0. The van der Waals surface area contributed by atoms with Crippen LogP contribution in [0, 0.1) is 0 Å². The molecular weight excluding hydrogens is 346 g/mol. The fourth-order valence-electron chi connectivity index (χ4n) is 4.06. The van der Waals surface area contributed by atoms with Crippen LogP contribution in [0.4, 0.5) is 0 Å². The zero-order chi connectivity index (χ0) is 19.8. The minimum absolute atomic E-state index is 0.0194. The van der Waals surface area contributed by atoms with E-state index >= 15 is 0 Å². The van der Waals surface area contributed by atoms with Gasteiger partial charge in [0.15, 0.2) is 0 Å². The second-order valence-electron chi connectivity index (χ2n) is 8.41. The Morgan fingerprint density at radius 1 is 0.929 bits per heavy atom. The van der Waals surface area contributed by atoms with E-state index in [0.717, 1.165) is 25.9 Å². The second-order valence-corrected chi connectivity index (χ2v) is 8.41. The first-order chi connectivity index (χ1) is 13.6. The molecule has 0 spiro atoms. The highest BCUT2D eigenvalue weighted by Crippen LogP contribution is 2.35. The second kappa shape index (κ2) is 10.2. The molecule has 2 aromatic rings. The van der Waals surface area contributed by atoms with Crippen molar-refractivity contribution in [2.75, 3.05) is 13.7 Å². The first-order valence-electron chi connectivity index (χ1n) is 10.6. The summed E-state index contributed by atoms with van der Waals surface area (Å²) in [6.45, 7) is 7.01. The minimum atomic E-state index is -0.0194. The van der Waals surface area contributed by atoms with Gasteiger partial charge in [-0.15, -0.1) is 0 Å². The summed E-state index contributed by atoms with van der Waals surface area (Å²) in [5.74, 6) is 0. The quantitative estimate of drug-likeness (QED) is 0.577. The van der Waals surface area contributed by atoms with Gasteiger partial charge >= 0.3 is 0 Å². The predicted octanol–water partition coefficient (Wildman–Crippen LogP) is 5.44. The van der Waals surface area contributed by atoms with Crippen LogP contribution in [-0.2, 0) is 22.6 Å². The molecule has 3 heteroatoms. The first kappa shape index (κ1) is 21.0. The van der Waals surface area contributed by atoms with Gasteiger partial charge in [0.25, 0.3) is 0 Å². The van der Waals surface area contributed by atoms with E-state index in [1.807, 2.05) is 0 Å². The first-order valence-corrected chi connectivity index (χ1v) is 10.6. The molecule has 0 heterocycles. The molecule has 2 aromatic carbocycles. The maximum Gasteiger partial charge on any atom is 0.0776 e. The van der Waals surface area contributed by atoms with Crippen molar-refractivity contribution in [2.45, 2.75) is 70.4 Å². The SMILES string of the molecule is COC(C)CO[C@]1(C)CC[C@@H](N(Cc2ccccc2)Cc2ccccc2)CC1. The summed E-state index contributed by atoms with van der Waals surface area (Å²) in [7, 11) is 1.75. The lowest BCUT2D eigenvalue weighted by Crippen LogP contribution is -2.43. The molecule has 152 valence electrons. The summed E-state index contributed by atoms with van der Waals surface area (Å²) >= 11 is 0. The van der Waals surface area contributed by atoms with Gasteiger partial charge in [0.1, 0.15) is 0 Å². The number of nitrogens with zero attached hydrogens (tertiary/aromatic N) is 1. The molecule has 28 heavy (non-hydrogen) atoms. The van der Waals surface area contributed by atoms with Gasteiger partial charge in [-0.3, -0.25) is 4.90 Å². The van der Waals surface area contributed by atoms with Crippen molar-refractivity contribution >= 4 is 0 Å². The molecule has 0 saturated heterocycles. The van der Waals surface area contributed by atoms with Gasteiger partial charge in [-0.25, -0.2) is 0 Å². The minimum Gasteiger partial charge on any atom is -0.379 e. The van der Waals surface area contributed by atoms with Crippen LogP contribution in [0.5, 0.6) is 0 Å². The van der Waals surface area contributed by atoms with E-state index in [9.17, 15) is 0 Å². The zero-order valence-corrected chi connectivity index (χ0v) is 17.6. The zero-order valence-electron chi connectivity index (χ0n) is 17.6. The Morgan fingerprint density at radius 2 is 1.43 bits per heavy atom. The van der Waals surface area contributed by atoms with Crippen molar-refractivity contribution < 1.29 is 9.47 Å². The standard InChI is InChI=1S/C25H35NO2/c1-21(27-3)20-28-25(2)16-14-24(15-17-25)26(18-22-10-6-4-7-11-22)19-23-12-8-5-9-13-23/h4-13,21,24H,14-20H2,1-3H3/t21?,24-,25-. The van der Waals surface area contributed by atoms with Crippen LogP contribution in [0.3, 0.4) is 0 Å². The lowest BCUT2D eigenvalue weighted by molar-refractivity contribution is -0.101. The largest absolute Gasteiger partial charge is 0.379 e. The Balaban J connectivity index is 1.64. The number of rotatable bonds is 9. The van der Waals surface area contributed by atoms with E-state index in [0.29, 0.717) is 12.6 Å².